The highest BCUT2D eigenvalue weighted by Crippen LogP contribution is 2.14. The molecule has 4 N–H and O–H groups in total. The average molecular weight is 298 g/mol. The Bertz CT molecular complexity index is 639. The lowest BCUT2D eigenvalue weighted by Gasteiger charge is -2.07. The first-order chi connectivity index (χ1) is 10.7. The van der Waals surface area contributed by atoms with E-state index in [0.717, 1.165) is 17.1 Å². The van der Waals surface area contributed by atoms with Crippen molar-refractivity contribution in [2.24, 2.45) is 10.7 Å². The van der Waals surface area contributed by atoms with E-state index >= 15 is 0 Å². The van der Waals surface area contributed by atoms with Crippen LogP contribution in [0.2, 0.25) is 0 Å². The van der Waals surface area contributed by atoms with Gasteiger partial charge in [0.05, 0.1) is 7.11 Å². The molecular formula is C16H18N4O2. The fourth-order valence-corrected chi connectivity index (χ4v) is 1.74. The number of amides is 1. The summed E-state index contributed by atoms with van der Waals surface area (Å²) < 4.78 is 5.07. The van der Waals surface area contributed by atoms with Crippen molar-refractivity contribution in [3.63, 3.8) is 0 Å². The Morgan fingerprint density at radius 3 is 2.32 bits per heavy atom. The van der Waals surface area contributed by atoms with Crippen LogP contribution < -0.4 is 21.1 Å². The molecule has 0 aromatic heterocycles. The van der Waals surface area contributed by atoms with Gasteiger partial charge in [-0.1, -0.05) is 18.2 Å². The van der Waals surface area contributed by atoms with E-state index in [4.69, 9.17) is 10.5 Å². The first-order valence-electron chi connectivity index (χ1n) is 6.73. The van der Waals surface area contributed by atoms with Gasteiger partial charge in [0.25, 0.3) is 0 Å². The molecule has 2 rings (SSSR count). The average Bonchev–Trinajstić information content (AvgIpc) is 2.55. The number of nitrogens with zero attached hydrogens (tertiary/aromatic N) is 1. The number of anilines is 2. The predicted octanol–water partition coefficient (Wildman–Crippen LogP) is 2.06. The van der Waals surface area contributed by atoms with E-state index in [1.54, 1.807) is 31.4 Å². The number of hydrogen-bond donors (Lipinski definition) is 3. The van der Waals surface area contributed by atoms with Gasteiger partial charge in [-0.25, -0.2) is 4.99 Å². The quantitative estimate of drug-likeness (QED) is 0.582. The summed E-state index contributed by atoms with van der Waals surface area (Å²) in [6.45, 7) is -0.0517. The van der Waals surface area contributed by atoms with Gasteiger partial charge in [0, 0.05) is 11.4 Å². The smallest absolute Gasteiger partial charge is 0.246 e. The summed E-state index contributed by atoms with van der Waals surface area (Å²) in [6, 6.07) is 16.4. The lowest BCUT2D eigenvalue weighted by molar-refractivity contribution is -0.114. The van der Waals surface area contributed by atoms with Crippen LogP contribution in [0.1, 0.15) is 0 Å². The van der Waals surface area contributed by atoms with Gasteiger partial charge in [-0.15, -0.1) is 0 Å². The van der Waals surface area contributed by atoms with Crippen molar-refractivity contribution >= 4 is 23.2 Å². The zero-order valence-electron chi connectivity index (χ0n) is 12.2. The van der Waals surface area contributed by atoms with Crippen molar-refractivity contribution in [2.75, 3.05) is 24.3 Å². The van der Waals surface area contributed by atoms with Crippen molar-refractivity contribution in [1.82, 2.24) is 0 Å². The largest absolute Gasteiger partial charge is 0.497 e. The molecule has 0 aliphatic carbocycles. The second-order valence-electron chi connectivity index (χ2n) is 4.47. The fraction of sp³-hybridized carbons (Fsp3) is 0.125. The molecule has 0 atom stereocenters. The summed E-state index contributed by atoms with van der Waals surface area (Å²) in [6.07, 6.45) is 0. The molecule has 0 radical (unpaired) electrons. The van der Waals surface area contributed by atoms with Gasteiger partial charge in [0.15, 0.2) is 5.96 Å². The van der Waals surface area contributed by atoms with Crippen LogP contribution in [-0.4, -0.2) is 25.5 Å². The Labute approximate surface area is 129 Å². The number of ether oxygens (including phenoxy) is 1. The number of nitrogens with two attached hydrogens (primary N) is 1. The molecule has 6 nitrogen and oxygen atoms in total. The van der Waals surface area contributed by atoms with Gasteiger partial charge in [-0.05, 0) is 36.4 Å². The number of benzene rings is 2. The highest BCUT2D eigenvalue weighted by Gasteiger charge is 2.01. The topological polar surface area (TPSA) is 88.7 Å². The third-order valence-corrected chi connectivity index (χ3v) is 2.81. The van der Waals surface area contributed by atoms with Crippen LogP contribution in [0.15, 0.2) is 59.6 Å². The van der Waals surface area contributed by atoms with Crippen LogP contribution >= 0.6 is 0 Å². The predicted molar refractivity (Wildman–Crippen MR) is 88.2 cm³/mol. The number of para-hydroxylation sites is 1. The number of guanidine groups is 1. The molecule has 2 aromatic carbocycles. The lowest BCUT2D eigenvalue weighted by atomic mass is 10.3. The zero-order chi connectivity index (χ0) is 15.8. The molecule has 0 saturated carbocycles. The van der Waals surface area contributed by atoms with E-state index in [9.17, 15) is 4.79 Å². The first-order valence-corrected chi connectivity index (χ1v) is 6.73. The number of carbonyl (C=O) groups is 1. The maximum atomic E-state index is 11.7. The number of carbonyl (C=O) groups excluding carboxylic acids is 1. The van der Waals surface area contributed by atoms with Crippen molar-refractivity contribution in [1.29, 1.82) is 0 Å². The normalized spacial score (nSPS) is 10.9. The van der Waals surface area contributed by atoms with Crippen LogP contribution in [0.4, 0.5) is 11.4 Å². The molecule has 0 fully saturated rings. The zero-order valence-corrected chi connectivity index (χ0v) is 12.2. The second-order valence-corrected chi connectivity index (χ2v) is 4.47. The summed E-state index contributed by atoms with van der Waals surface area (Å²) in [5.41, 5.74) is 7.24. The molecule has 0 aliphatic heterocycles. The number of nitrogens with one attached hydrogen (secondary N) is 2. The van der Waals surface area contributed by atoms with Crippen LogP contribution in [0, 0.1) is 0 Å². The molecule has 6 heteroatoms. The maximum absolute atomic E-state index is 11.7. The summed E-state index contributed by atoms with van der Waals surface area (Å²) in [4.78, 5) is 15.7. The van der Waals surface area contributed by atoms with Gasteiger partial charge < -0.3 is 21.1 Å². The lowest BCUT2D eigenvalue weighted by Crippen LogP contribution is -2.25. The van der Waals surface area contributed by atoms with Gasteiger partial charge in [-0.3, -0.25) is 4.79 Å². The van der Waals surface area contributed by atoms with Crippen molar-refractivity contribution in [3.05, 3.63) is 54.6 Å². The molecule has 0 spiro atoms. The summed E-state index contributed by atoms with van der Waals surface area (Å²) in [5.74, 6) is 0.697. The van der Waals surface area contributed by atoms with E-state index < -0.39 is 0 Å². The van der Waals surface area contributed by atoms with Gasteiger partial charge in [-0.2, -0.15) is 0 Å². The van der Waals surface area contributed by atoms with E-state index in [-0.39, 0.29) is 18.4 Å². The highest BCUT2D eigenvalue weighted by atomic mass is 16.5. The summed E-state index contributed by atoms with van der Waals surface area (Å²) in [5, 5.41) is 5.63. The minimum atomic E-state index is -0.231. The second kappa shape index (κ2) is 7.68. The Kier molecular flexibility index (Phi) is 5.37. The Hall–Kier alpha value is -3.02. The van der Waals surface area contributed by atoms with Crippen molar-refractivity contribution < 1.29 is 9.53 Å². The summed E-state index contributed by atoms with van der Waals surface area (Å²) >= 11 is 0. The monoisotopic (exact) mass is 298 g/mol. The third-order valence-electron chi connectivity index (χ3n) is 2.81. The first kappa shape index (κ1) is 15.4. The van der Waals surface area contributed by atoms with Crippen LogP contribution in [0.5, 0.6) is 5.75 Å². The number of hydrogen-bond acceptors (Lipinski definition) is 3. The molecule has 22 heavy (non-hydrogen) atoms. The van der Waals surface area contributed by atoms with Crippen LogP contribution in [0.3, 0.4) is 0 Å². The van der Waals surface area contributed by atoms with E-state index in [1.165, 1.54) is 0 Å². The number of methoxy groups -OCH3 is 1. The maximum Gasteiger partial charge on any atom is 0.246 e. The molecule has 1 amide bonds. The molecular weight excluding hydrogens is 280 g/mol. The Morgan fingerprint density at radius 1 is 1.05 bits per heavy atom. The SMILES string of the molecule is COc1ccc(NC(N)=NCC(=O)Nc2ccccc2)cc1. The molecule has 0 bridgehead atoms. The van der Waals surface area contributed by atoms with Crippen LogP contribution in [-0.2, 0) is 4.79 Å². The number of aliphatic imine (C=N–C) groups is 1. The van der Waals surface area contributed by atoms with Crippen molar-refractivity contribution in [3.8, 4) is 5.75 Å². The number of rotatable bonds is 5. The Morgan fingerprint density at radius 2 is 1.68 bits per heavy atom. The highest BCUT2D eigenvalue weighted by molar-refractivity contribution is 5.97. The minimum Gasteiger partial charge on any atom is -0.497 e. The van der Waals surface area contributed by atoms with Gasteiger partial charge >= 0.3 is 0 Å². The van der Waals surface area contributed by atoms with E-state index in [1.807, 2.05) is 30.3 Å². The molecule has 0 heterocycles. The Balaban J connectivity index is 1.85. The molecule has 2 aromatic rings. The third kappa shape index (κ3) is 4.82. The standard InChI is InChI=1S/C16H18N4O2/c1-22-14-9-7-13(8-10-14)20-16(17)18-11-15(21)19-12-5-3-2-4-6-12/h2-10H,11H2,1H3,(H,19,21)(H3,17,18,20). The van der Waals surface area contributed by atoms with Gasteiger partial charge in [0.2, 0.25) is 5.91 Å². The van der Waals surface area contributed by atoms with E-state index in [0.29, 0.717) is 0 Å². The molecule has 0 unspecified atom stereocenters. The van der Waals surface area contributed by atoms with Crippen molar-refractivity contribution in [2.45, 2.75) is 0 Å². The van der Waals surface area contributed by atoms with Gasteiger partial charge in [0.1, 0.15) is 12.3 Å². The van der Waals surface area contributed by atoms with Crippen LogP contribution in [0.25, 0.3) is 0 Å². The minimum absolute atomic E-state index is 0.0517. The molecule has 0 saturated heterocycles. The summed E-state index contributed by atoms with van der Waals surface area (Å²) in [7, 11) is 1.60. The van der Waals surface area contributed by atoms with E-state index in [2.05, 4.69) is 15.6 Å². The fourth-order valence-electron chi connectivity index (χ4n) is 1.74. The molecule has 0 aliphatic rings. The molecule has 114 valence electrons.